The normalized spacial score (nSPS) is 23.4. The lowest BCUT2D eigenvalue weighted by Gasteiger charge is -2.39. The Kier molecular flexibility index (Phi) is 14.4. The second kappa shape index (κ2) is 15.9. The summed E-state index contributed by atoms with van der Waals surface area (Å²) in [6.45, 7) is 17.3. The molecular weight excluding hydrogens is 496 g/mol. The molecule has 1 saturated heterocycles. The van der Waals surface area contributed by atoms with Crippen LogP contribution in [0.3, 0.4) is 0 Å². The minimum absolute atomic E-state index is 0.00246. The Morgan fingerprint density at radius 1 is 1.05 bits per heavy atom. The number of likely N-dealkylation sites (N-methyl/N-ethyl adjacent to an activating group) is 2. The van der Waals surface area contributed by atoms with Gasteiger partial charge in [0.2, 0.25) is 17.7 Å². The molecule has 2 unspecified atom stereocenters. The number of nitrogens with zero attached hydrogens (tertiary/aromatic N) is 2. The Morgan fingerprint density at radius 3 is 2.10 bits per heavy atom. The number of carbonyl (C=O) groups excluding carboxylic acids is 3. The molecule has 0 aromatic heterocycles. The van der Waals surface area contributed by atoms with Crippen LogP contribution in [-0.4, -0.2) is 99.3 Å². The van der Waals surface area contributed by atoms with Crippen molar-refractivity contribution in [2.45, 2.75) is 111 Å². The number of nitrogens with one attached hydrogen (secondary N) is 2. The highest BCUT2D eigenvalue weighted by molar-refractivity contribution is 5.87. The van der Waals surface area contributed by atoms with E-state index in [4.69, 9.17) is 9.47 Å². The van der Waals surface area contributed by atoms with Crippen LogP contribution in [0.1, 0.15) is 81.1 Å². The summed E-state index contributed by atoms with van der Waals surface area (Å²) >= 11 is 0. The van der Waals surface area contributed by atoms with E-state index in [0.717, 1.165) is 19.3 Å². The van der Waals surface area contributed by atoms with E-state index in [0.29, 0.717) is 6.54 Å². The predicted octanol–water partition coefficient (Wildman–Crippen LogP) is 3.31. The number of methoxy groups -OCH3 is 2. The largest absolute Gasteiger partial charge is 0.379 e. The number of rotatable bonds is 16. The molecular formula is C30H58N4O5. The van der Waals surface area contributed by atoms with Gasteiger partial charge in [-0.2, -0.15) is 0 Å². The maximum Gasteiger partial charge on any atom is 0.242 e. The molecule has 9 heteroatoms. The molecule has 3 amide bonds. The number of carbonyl (C=O) groups is 3. The average molecular weight is 555 g/mol. The molecule has 0 radical (unpaired) electrons. The zero-order valence-corrected chi connectivity index (χ0v) is 26.8. The number of ether oxygens (including phenoxy) is 2. The molecule has 1 fully saturated rings. The van der Waals surface area contributed by atoms with Crippen LogP contribution in [0.4, 0.5) is 0 Å². The Labute approximate surface area is 238 Å². The van der Waals surface area contributed by atoms with Crippen molar-refractivity contribution in [3.8, 4) is 0 Å². The van der Waals surface area contributed by atoms with Gasteiger partial charge in [0.25, 0.3) is 0 Å². The van der Waals surface area contributed by atoms with Crippen LogP contribution < -0.4 is 10.6 Å². The molecule has 2 N–H and O–H groups in total. The van der Waals surface area contributed by atoms with Crippen LogP contribution in [0.25, 0.3) is 0 Å². The fraction of sp³-hybridized carbons (Fsp3) is 0.900. The minimum atomic E-state index is -0.480. The van der Waals surface area contributed by atoms with Crippen LogP contribution in [0.2, 0.25) is 0 Å². The van der Waals surface area contributed by atoms with Gasteiger partial charge in [-0.3, -0.25) is 14.4 Å². The van der Waals surface area contributed by atoms with Crippen molar-refractivity contribution in [3.05, 3.63) is 0 Å². The van der Waals surface area contributed by atoms with Crippen molar-refractivity contribution in [1.82, 2.24) is 20.4 Å². The lowest BCUT2D eigenvalue weighted by Crippen LogP contribution is -2.55. The van der Waals surface area contributed by atoms with E-state index in [1.165, 1.54) is 0 Å². The van der Waals surface area contributed by atoms with Crippen molar-refractivity contribution in [1.29, 1.82) is 0 Å². The zero-order valence-electron chi connectivity index (χ0n) is 26.8. The molecule has 1 rings (SSSR count). The van der Waals surface area contributed by atoms with Gasteiger partial charge in [0.05, 0.1) is 43.3 Å². The first kappa shape index (κ1) is 35.3. The highest BCUT2D eigenvalue weighted by Gasteiger charge is 2.47. The highest BCUT2D eigenvalue weighted by Crippen LogP contribution is 2.41. The van der Waals surface area contributed by atoms with Gasteiger partial charge in [-0.15, -0.1) is 0 Å². The van der Waals surface area contributed by atoms with E-state index < -0.39 is 6.10 Å². The van der Waals surface area contributed by atoms with Crippen molar-refractivity contribution in [2.75, 3.05) is 41.4 Å². The Bertz CT molecular complexity index is 791. The number of hydrogen-bond acceptors (Lipinski definition) is 6. The number of amides is 3. The standard InChI is InChI=1S/C30H58N4O5/c1-13-21(7)27(33(10)25(36)17-32-29(37)26(31-9)19(3)4)23(38-11)15-24(35)34-18-30(8,14-2)16-22(34)28(39-12)20(5)6/h19-23,26-28,31H,13-18H2,1-12H3,(H,32,37)/t21-,22-,23+,26-,27-,28?,30?/m0/s1. The summed E-state index contributed by atoms with van der Waals surface area (Å²) < 4.78 is 11.8. The molecule has 1 aliphatic rings. The van der Waals surface area contributed by atoms with Crippen LogP contribution in [0, 0.1) is 23.2 Å². The van der Waals surface area contributed by atoms with E-state index in [2.05, 4.69) is 52.2 Å². The number of hydrogen-bond donors (Lipinski definition) is 2. The molecule has 1 aliphatic heterocycles. The fourth-order valence-electron chi connectivity index (χ4n) is 6.11. The third-order valence-electron chi connectivity index (χ3n) is 8.94. The smallest absolute Gasteiger partial charge is 0.242 e. The molecule has 0 saturated carbocycles. The summed E-state index contributed by atoms with van der Waals surface area (Å²) in [7, 11) is 6.82. The Morgan fingerprint density at radius 2 is 1.67 bits per heavy atom. The van der Waals surface area contributed by atoms with Gasteiger partial charge in [0, 0.05) is 27.8 Å². The molecule has 9 nitrogen and oxygen atoms in total. The van der Waals surface area contributed by atoms with Crippen LogP contribution in [-0.2, 0) is 23.9 Å². The van der Waals surface area contributed by atoms with Crippen molar-refractivity contribution >= 4 is 17.7 Å². The van der Waals surface area contributed by atoms with Gasteiger partial charge in [0.15, 0.2) is 0 Å². The van der Waals surface area contributed by atoms with Crippen molar-refractivity contribution in [3.63, 3.8) is 0 Å². The maximum atomic E-state index is 13.9. The highest BCUT2D eigenvalue weighted by atomic mass is 16.5. The third kappa shape index (κ3) is 9.15. The minimum Gasteiger partial charge on any atom is -0.379 e. The van der Waals surface area contributed by atoms with Crippen LogP contribution in [0.15, 0.2) is 0 Å². The van der Waals surface area contributed by atoms with Crippen LogP contribution >= 0.6 is 0 Å². The first-order valence-electron chi connectivity index (χ1n) is 14.8. The zero-order chi connectivity index (χ0) is 30.1. The first-order valence-corrected chi connectivity index (χ1v) is 14.8. The van der Waals surface area contributed by atoms with Gasteiger partial charge in [-0.1, -0.05) is 61.8 Å². The third-order valence-corrected chi connectivity index (χ3v) is 8.94. The van der Waals surface area contributed by atoms with Gasteiger partial charge < -0.3 is 29.9 Å². The summed E-state index contributed by atoms with van der Waals surface area (Å²) in [5.41, 5.74) is 0.0385. The lowest BCUT2D eigenvalue weighted by molar-refractivity contribution is -0.144. The summed E-state index contributed by atoms with van der Waals surface area (Å²) in [6, 6.07) is -0.690. The second-order valence-electron chi connectivity index (χ2n) is 12.5. The van der Waals surface area contributed by atoms with Gasteiger partial charge in [0.1, 0.15) is 0 Å². The quantitative estimate of drug-likeness (QED) is 0.304. The van der Waals surface area contributed by atoms with Gasteiger partial charge in [-0.05, 0) is 43.1 Å². The average Bonchev–Trinajstić information content (AvgIpc) is 3.24. The van der Waals surface area contributed by atoms with E-state index in [9.17, 15) is 14.4 Å². The molecule has 228 valence electrons. The summed E-state index contributed by atoms with van der Waals surface area (Å²) in [5.74, 6) is 0.0758. The van der Waals surface area contributed by atoms with Gasteiger partial charge >= 0.3 is 0 Å². The predicted molar refractivity (Wildman–Crippen MR) is 156 cm³/mol. The second-order valence-corrected chi connectivity index (χ2v) is 12.5. The Balaban J connectivity index is 3.13. The van der Waals surface area contributed by atoms with Crippen LogP contribution in [0.5, 0.6) is 0 Å². The summed E-state index contributed by atoms with van der Waals surface area (Å²) in [5, 5.41) is 5.78. The molecule has 0 aromatic rings. The van der Waals surface area contributed by atoms with E-state index in [1.54, 1.807) is 33.2 Å². The van der Waals surface area contributed by atoms with E-state index >= 15 is 0 Å². The molecule has 7 atom stereocenters. The molecule has 1 heterocycles. The SMILES string of the molecule is CC[C@H](C)[C@@H]([C@@H](CC(=O)N1CC(C)(CC)C[C@H]1C(OC)C(C)C)OC)N(C)C(=O)CNC(=O)[C@@H](NC)C(C)C. The topological polar surface area (TPSA) is 100 Å². The Hall–Kier alpha value is -1.71. The molecule has 0 bridgehead atoms. The van der Waals surface area contributed by atoms with Crippen molar-refractivity contribution in [2.24, 2.45) is 23.2 Å². The van der Waals surface area contributed by atoms with Gasteiger partial charge in [-0.25, -0.2) is 0 Å². The first-order chi connectivity index (χ1) is 18.2. The lowest BCUT2D eigenvalue weighted by atomic mass is 9.83. The summed E-state index contributed by atoms with van der Waals surface area (Å²) in [4.78, 5) is 43.4. The van der Waals surface area contributed by atoms with Crippen molar-refractivity contribution < 1.29 is 23.9 Å². The molecule has 0 aliphatic carbocycles. The molecule has 0 aromatic carbocycles. The summed E-state index contributed by atoms with van der Waals surface area (Å²) in [6.07, 6.45) is 2.35. The monoisotopic (exact) mass is 554 g/mol. The van der Waals surface area contributed by atoms with E-state index in [-0.39, 0.29) is 78.1 Å². The maximum absolute atomic E-state index is 13.9. The molecule has 0 spiro atoms. The molecule has 39 heavy (non-hydrogen) atoms. The fourth-order valence-corrected chi connectivity index (χ4v) is 6.11. The number of likely N-dealkylation sites (tertiary alicyclic amines) is 1. The van der Waals surface area contributed by atoms with E-state index in [1.807, 2.05) is 18.7 Å².